The predicted molar refractivity (Wildman–Crippen MR) is 144 cm³/mol. The van der Waals surface area contributed by atoms with Gasteiger partial charge in [-0.25, -0.2) is 8.42 Å². The zero-order valence-corrected chi connectivity index (χ0v) is 23.0. The summed E-state index contributed by atoms with van der Waals surface area (Å²) in [6.45, 7) is 10.3. The Morgan fingerprint density at radius 3 is 2.28 bits per heavy atom. The largest absolute Gasteiger partial charge is 0.494 e. The molecule has 1 N–H and O–H groups in total. The van der Waals surface area contributed by atoms with Gasteiger partial charge < -0.3 is 15.0 Å². The normalized spacial score (nSPS) is 12.2. The molecule has 0 radical (unpaired) electrons. The number of hydrogen-bond donors (Lipinski definition) is 1. The first-order valence-electron chi connectivity index (χ1n) is 12.3. The molecule has 0 unspecified atom stereocenters. The molecule has 1 atom stereocenters. The van der Waals surface area contributed by atoms with E-state index >= 15 is 0 Å². The number of rotatable bonds is 13. The van der Waals surface area contributed by atoms with E-state index in [9.17, 15) is 18.0 Å². The second-order valence-corrected chi connectivity index (χ2v) is 11.1. The Bertz CT molecular complexity index is 1120. The standard InChI is InChI=1S/C27H39N3O5S/c1-7-35-25-15-13-24(14-16-25)30(36(6,33)34)17-9-12-26(31)29(22(5)27(32)28-20(2)3)19-23-11-8-10-21(4)18-23/h8,10-11,13-16,18,20,22H,7,9,12,17,19H2,1-6H3,(H,28,32)/t22-/m0/s1. The molecule has 0 bridgehead atoms. The minimum absolute atomic E-state index is 0.0479. The minimum atomic E-state index is -3.55. The molecule has 8 nitrogen and oxygen atoms in total. The van der Waals surface area contributed by atoms with E-state index in [2.05, 4.69) is 5.32 Å². The van der Waals surface area contributed by atoms with Crippen LogP contribution < -0.4 is 14.4 Å². The number of carbonyl (C=O) groups excluding carboxylic acids is 2. The number of sulfonamides is 1. The lowest BCUT2D eigenvalue weighted by Crippen LogP contribution is -2.49. The fraction of sp³-hybridized carbons (Fsp3) is 0.481. The summed E-state index contributed by atoms with van der Waals surface area (Å²) in [4.78, 5) is 27.6. The molecule has 0 aliphatic carbocycles. The van der Waals surface area contributed by atoms with Crippen molar-refractivity contribution in [2.75, 3.05) is 23.7 Å². The maximum Gasteiger partial charge on any atom is 0.242 e. The smallest absolute Gasteiger partial charge is 0.242 e. The predicted octanol–water partition coefficient (Wildman–Crippen LogP) is 3.88. The first-order chi connectivity index (χ1) is 16.9. The van der Waals surface area contributed by atoms with E-state index in [1.54, 1.807) is 36.1 Å². The van der Waals surface area contributed by atoms with Gasteiger partial charge in [0.15, 0.2) is 0 Å². The summed E-state index contributed by atoms with van der Waals surface area (Å²) in [6, 6.07) is 13.9. The van der Waals surface area contributed by atoms with Gasteiger partial charge >= 0.3 is 0 Å². The van der Waals surface area contributed by atoms with Gasteiger partial charge in [-0.05, 0) is 70.9 Å². The van der Waals surface area contributed by atoms with E-state index in [1.165, 1.54) is 4.31 Å². The lowest BCUT2D eigenvalue weighted by molar-refractivity contribution is -0.140. The summed E-state index contributed by atoms with van der Waals surface area (Å²) < 4.78 is 31.7. The van der Waals surface area contributed by atoms with Crippen molar-refractivity contribution in [2.24, 2.45) is 0 Å². The lowest BCUT2D eigenvalue weighted by Gasteiger charge is -2.30. The number of aryl methyl sites for hydroxylation is 1. The molecule has 0 fully saturated rings. The first-order valence-corrected chi connectivity index (χ1v) is 14.1. The molecule has 36 heavy (non-hydrogen) atoms. The maximum atomic E-state index is 13.3. The molecule has 2 amide bonds. The van der Waals surface area contributed by atoms with Crippen molar-refractivity contribution in [1.82, 2.24) is 10.2 Å². The Hall–Kier alpha value is -3.07. The third kappa shape index (κ3) is 8.86. The molecule has 2 aromatic rings. The summed E-state index contributed by atoms with van der Waals surface area (Å²) >= 11 is 0. The van der Waals surface area contributed by atoms with Gasteiger partial charge in [0.2, 0.25) is 21.8 Å². The number of anilines is 1. The van der Waals surface area contributed by atoms with Crippen LogP contribution >= 0.6 is 0 Å². The van der Waals surface area contributed by atoms with Crippen molar-refractivity contribution >= 4 is 27.5 Å². The van der Waals surface area contributed by atoms with Crippen LogP contribution in [0.3, 0.4) is 0 Å². The van der Waals surface area contributed by atoms with Gasteiger partial charge in [-0.2, -0.15) is 0 Å². The van der Waals surface area contributed by atoms with Crippen LogP contribution in [0.4, 0.5) is 5.69 Å². The topological polar surface area (TPSA) is 96.0 Å². The average Bonchev–Trinajstić information content (AvgIpc) is 2.79. The molecular formula is C27H39N3O5S. The van der Waals surface area contributed by atoms with Gasteiger partial charge in [-0.15, -0.1) is 0 Å². The summed E-state index contributed by atoms with van der Waals surface area (Å²) in [5.74, 6) is 0.228. The number of carbonyl (C=O) groups is 2. The molecule has 198 valence electrons. The van der Waals surface area contributed by atoms with Crippen molar-refractivity contribution in [1.29, 1.82) is 0 Å². The second kappa shape index (κ2) is 13.3. The van der Waals surface area contributed by atoms with Gasteiger partial charge in [0.25, 0.3) is 0 Å². The molecule has 2 rings (SSSR count). The van der Waals surface area contributed by atoms with E-state index in [4.69, 9.17) is 4.74 Å². The number of nitrogens with one attached hydrogen (secondary N) is 1. The molecular weight excluding hydrogens is 478 g/mol. The van der Waals surface area contributed by atoms with Crippen LogP contribution in [-0.4, -0.2) is 56.6 Å². The van der Waals surface area contributed by atoms with Gasteiger partial charge in [-0.3, -0.25) is 13.9 Å². The summed E-state index contributed by atoms with van der Waals surface area (Å²) in [7, 11) is -3.55. The van der Waals surface area contributed by atoms with Gasteiger partial charge in [0.1, 0.15) is 11.8 Å². The average molecular weight is 518 g/mol. The third-order valence-electron chi connectivity index (χ3n) is 5.62. The summed E-state index contributed by atoms with van der Waals surface area (Å²) in [5, 5.41) is 2.87. The Morgan fingerprint density at radius 1 is 1.06 bits per heavy atom. The molecule has 0 saturated carbocycles. The van der Waals surface area contributed by atoms with Crippen molar-refractivity contribution < 1.29 is 22.7 Å². The van der Waals surface area contributed by atoms with Crippen LogP contribution in [0, 0.1) is 6.92 Å². The highest BCUT2D eigenvalue weighted by Gasteiger charge is 2.27. The Labute approximate surface area is 215 Å². The van der Waals surface area contributed by atoms with Crippen molar-refractivity contribution in [2.45, 2.75) is 66.1 Å². The van der Waals surface area contributed by atoms with Crippen LogP contribution in [0.25, 0.3) is 0 Å². The number of amides is 2. The van der Waals surface area contributed by atoms with Crippen LogP contribution in [0.5, 0.6) is 5.75 Å². The number of hydrogen-bond acceptors (Lipinski definition) is 5. The molecule has 9 heteroatoms. The SMILES string of the molecule is CCOc1ccc(N(CCCC(=O)N(Cc2cccc(C)c2)[C@@H](C)C(=O)NC(C)C)S(C)(=O)=O)cc1. The van der Waals surface area contributed by atoms with Crippen molar-refractivity contribution in [3.05, 3.63) is 59.7 Å². The molecule has 0 spiro atoms. The molecule has 0 aromatic heterocycles. The van der Waals surface area contributed by atoms with Gasteiger partial charge in [0.05, 0.1) is 18.6 Å². The fourth-order valence-corrected chi connectivity index (χ4v) is 4.84. The second-order valence-electron chi connectivity index (χ2n) is 9.22. The summed E-state index contributed by atoms with van der Waals surface area (Å²) in [5.41, 5.74) is 2.51. The molecule has 0 heterocycles. The van der Waals surface area contributed by atoms with Crippen LogP contribution in [0.2, 0.25) is 0 Å². The fourth-order valence-electron chi connectivity index (χ4n) is 3.87. The molecule has 0 saturated heterocycles. The first kappa shape index (κ1) is 29.2. The zero-order chi connectivity index (χ0) is 26.9. The summed E-state index contributed by atoms with van der Waals surface area (Å²) in [6.07, 6.45) is 1.56. The van der Waals surface area contributed by atoms with E-state index in [0.29, 0.717) is 31.0 Å². The highest BCUT2D eigenvalue weighted by atomic mass is 32.2. The van der Waals surface area contributed by atoms with Crippen molar-refractivity contribution in [3.63, 3.8) is 0 Å². The highest BCUT2D eigenvalue weighted by molar-refractivity contribution is 7.92. The number of benzene rings is 2. The lowest BCUT2D eigenvalue weighted by atomic mass is 10.1. The Balaban J connectivity index is 2.15. The number of ether oxygens (including phenoxy) is 1. The van der Waals surface area contributed by atoms with E-state index in [1.807, 2.05) is 52.0 Å². The monoisotopic (exact) mass is 517 g/mol. The zero-order valence-electron chi connectivity index (χ0n) is 22.2. The minimum Gasteiger partial charge on any atom is -0.494 e. The number of nitrogens with zero attached hydrogens (tertiary/aromatic N) is 2. The van der Waals surface area contributed by atoms with Crippen LogP contribution in [0.1, 0.15) is 51.7 Å². The van der Waals surface area contributed by atoms with Gasteiger partial charge in [0, 0.05) is 25.6 Å². The highest BCUT2D eigenvalue weighted by Crippen LogP contribution is 2.22. The van der Waals surface area contributed by atoms with Gasteiger partial charge in [-0.1, -0.05) is 29.8 Å². The van der Waals surface area contributed by atoms with Crippen LogP contribution in [0.15, 0.2) is 48.5 Å². The quantitative estimate of drug-likeness (QED) is 0.435. The van der Waals surface area contributed by atoms with Crippen molar-refractivity contribution in [3.8, 4) is 5.75 Å². The van der Waals surface area contributed by atoms with E-state index < -0.39 is 16.1 Å². The third-order valence-corrected chi connectivity index (χ3v) is 6.82. The molecule has 2 aromatic carbocycles. The Kier molecular flexibility index (Phi) is 10.8. The van der Waals surface area contributed by atoms with E-state index in [0.717, 1.165) is 17.4 Å². The molecule has 0 aliphatic heterocycles. The van der Waals surface area contributed by atoms with E-state index in [-0.39, 0.29) is 30.8 Å². The molecule has 0 aliphatic rings. The van der Waals surface area contributed by atoms with Crippen LogP contribution in [-0.2, 0) is 26.2 Å². The Morgan fingerprint density at radius 2 is 1.72 bits per heavy atom. The maximum absolute atomic E-state index is 13.3.